The molecule has 0 spiro atoms. The zero-order valence-corrected chi connectivity index (χ0v) is 17.6. The first-order chi connectivity index (χ1) is 12.7. The average molecular weight is 371 g/mol. The van der Waals surface area contributed by atoms with Crippen LogP contribution >= 0.6 is 0 Å². The first-order valence-electron chi connectivity index (χ1n) is 10.6. The Morgan fingerprint density at radius 1 is 1.19 bits per heavy atom. The number of Topliss-reactive ketones (excluding diaryl/α,β-unsaturated/α-hetero) is 1. The molecule has 2 aliphatic carbocycles. The van der Waals surface area contributed by atoms with E-state index >= 15 is 0 Å². The molecular formula is C24H34O3. The molecule has 0 N–H and O–H groups in total. The Balaban J connectivity index is 1.65. The molecule has 0 aromatic carbocycles. The second kappa shape index (κ2) is 6.42. The summed E-state index contributed by atoms with van der Waals surface area (Å²) in [5, 5.41) is 0. The van der Waals surface area contributed by atoms with Crippen molar-refractivity contribution in [3.63, 3.8) is 0 Å². The van der Waals surface area contributed by atoms with E-state index < -0.39 is 0 Å². The molecule has 0 radical (unpaired) electrons. The number of hydrogen-bond acceptors (Lipinski definition) is 3. The Morgan fingerprint density at radius 3 is 2.59 bits per heavy atom. The molecule has 4 rings (SSSR count). The highest BCUT2D eigenvalue weighted by Gasteiger charge is 2.72. The van der Waals surface area contributed by atoms with Crippen LogP contribution in [0.2, 0.25) is 0 Å². The van der Waals surface area contributed by atoms with Crippen LogP contribution in [0, 0.1) is 23.7 Å². The van der Waals surface area contributed by atoms with Crippen LogP contribution in [-0.2, 0) is 14.3 Å². The zero-order chi connectivity index (χ0) is 19.6. The maximum Gasteiger partial charge on any atom is 0.158 e. The Bertz CT molecular complexity index is 732. The van der Waals surface area contributed by atoms with Gasteiger partial charge in [-0.25, -0.2) is 0 Å². The van der Waals surface area contributed by atoms with E-state index in [0.717, 1.165) is 18.4 Å². The second-order valence-electron chi connectivity index (χ2n) is 9.51. The van der Waals surface area contributed by atoms with Crippen molar-refractivity contribution < 1.29 is 14.3 Å². The number of ether oxygens (including phenoxy) is 2. The zero-order valence-electron chi connectivity index (χ0n) is 17.6. The minimum atomic E-state index is -0.0527. The van der Waals surface area contributed by atoms with Gasteiger partial charge in [0, 0.05) is 12.3 Å². The highest BCUT2D eigenvalue weighted by Crippen LogP contribution is 2.67. The fraction of sp³-hybridized carbons (Fsp3) is 0.708. The molecule has 0 unspecified atom stereocenters. The molecule has 0 aromatic rings. The van der Waals surface area contributed by atoms with Gasteiger partial charge in [0.2, 0.25) is 0 Å². The van der Waals surface area contributed by atoms with Crippen molar-refractivity contribution in [2.45, 2.75) is 84.2 Å². The van der Waals surface area contributed by atoms with Gasteiger partial charge in [-0.3, -0.25) is 4.79 Å². The van der Waals surface area contributed by atoms with Gasteiger partial charge < -0.3 is 9.47 Å². The van der Waals surface area contributed by atoms with Crippen LogP contribution in [0.4, 0.5) is 0 Å². The summed E-state index contributed by atoms with van der Waals surface area (Å²) in [6.45, 7) is 12.8. The first-order valence-corrected chi connectivity index (χ1v) is 10.6. The normalized spacial score (nSPS) is 48.7. The van der Waals surface area contributed by atoms with Gasteiger partial charge in [-0.15, -0.1) is 0 Å². The van der Waals surface area contributed by atoms with Crippen molar-refractivity contribution >= 4 is 5.78 Å². The number of ketones is 1. The van der Waals surface area contributed by atoms with Crippen molar-refractivity contribution in [3.05, 3.63) is 35.5 Å². The summed E-state index contributed by atoms with van der Waals surface area (Å²) >= 11 is 0. The largest absolute Gasteiger partial charge is 0.366 e. The molecule has 2 heterocycles. The van der Waals surface area contributed by atoms with Crippen molar-refractivity contribution in [2.24, 2.45) is 23.7 Å². The quantitative estimate of drug-likeness (QED) is 0.295. The van der Waals surface area contributed by atoms with Gasteiger partial charge in [-0.05, 0) is 70.8 Å². The Morgan fingerprint density at radius 2 is 1.93 bits per heavy atom. The van der Waals surface area contributed by atoms with E-state index in [9.17, 15) is 4.79 Å². The van der Waals surface area contributed by atoms with E-state index in [1.165, 1.54) is 5.57 Å². The lowest BCUT2D eigenvalue weighted by molar-refractivity contribution is -0.115. The monoisotopic (exact) mass is 370 g/mol. The lowest BCUT2D eigenvalue weighted by atomic mass is 9.55. The SMILES string of the molecule is C/C=C(\C)[C@H]1[C@@H](/C=C/C=C(\C)C(=O)CC)[C@@H]2C[C@@H]3O[C@]3(C)C[C@H]2[C@@H]2O[C@@]21C. The van der Waals surface area contributed by atoms with Crippen LogP contribution in [0.5, 0.6) is 0 Å². The summed E-state index contributed by atoms with van der Waals surface area (Å²) in [5.74, 6) is 2.24. The van der Waals surface area contributed by atoms with Gasteiger partial charge in [0.05, 0.1) is 23.4 Å². The maximum atomic E-state index is 11.9. The molecule has 3 nitrogen and oxygen atoms in total. The number of epoxide rings is 2. The Labute approximate surface area is 163 Å². The Kier molecular flexibility index (Phi) is 4.55. The van der Waals surface area contributed by atoms with Gasteiger partial charge in [-0.1, -0.05) is 36.8 Å². The molecular weight excluding hydrogens is 336 g/mol. The lowest BCUT2D eigenvalue weighted by Crippen LogP contribution is -2.48. The molecule has 2 aliphatic heterocycles. The minimum Gasteiger partial charge on any atom is -0.366 e. The molecule has 8 atom stereocenters. The van der Waals surface area contributed by atoms with Crippen molar-refractivity contribution in [1.82, 2.24) is 0 Å². The number of carbonyl (C=O) groups is 1. The molecule has 4 aliphatic rings. The molecule has 27 heavy (non-hydrogen) atoms. The van der Waals surface area contributed by atoms with Gasteiger partial charge in [0.15, 0.2) is 5.78 Å². The van der Waals surface area contributed by atoms with Crippen LogP contribution in [-0.4, -0.2) is 29.2 Å². The smallest absolute Gasteiger partial charge is 0.158 e. The van der Waals surface area contributed by atoms with Crippen molar-refractivity contribution in [3.8, 4) is 0 Å². The summed E-state index contributed by atoms with van der Waals surface area (Å²) in [7, 11) is 0. The van der Waals surface area contributed by atoms with Crippen molar-refractivity contribution in [1.29, 1.82) is 0 Å². The summed E-state index contributed by atoms with van der Waals surface area (Å²) in [6.07, 6.45) is 12.3. The van der Waals surface area contributed by atoms with E-state index in [1.54, 1.807) is 0 Å². The molecule has 0 bridgehead atoms. The number of allylic oxidation sites excluding steroid dienone is 5. The molecule has 4 fully saturated rings. The molecule has 2 saturated carbocycles. The van der Waals surface area contributed by atoms with E-state index in [-0.39, 0.29) is 17.0 Å². The third kappa shape index (κ3) is 2.98. The predicted molar refractivity (Wildman–Crippen MR) is 107 cm³/mol. The van der Waals surface area contributed by atoms with Crippen LogP contribution < -0.4 is 0 Å². The van der Waals surface area contributed by atoms with Crippen LogP contribution in [0.15, 0.2) is 35.5 Å². The first kappa shape index (κ1) is 19.1. The highest BCUT2D eigenvalue weighted by molar-refractivity contribution is 5.94. The topological polar surface area (TPSA) is 42.1 Å². The molecule has 0 amide bonds. The molecule has 0 aromatic heterocycles. The van der Waals surface area contributed by atoms with Crippen LogP contribution in [0.3, 0.4) is 0 Å². The number of fused-ring (bicyclic) bond motifs is 4. The van der Waals surface area contributed by atoms with E-state index in [2.05, 4.69) is 45.9 Å². The highest BCUT2D eigenvalue weighted by atomic mass is 16.6. The third-order valence-electron chi connectivity index (χ3n) is 7.87. The second-order valence-corrected chi connectivity index (χ2v) is 9.51. The van der Waals surface area contributed by atoms with Crippen LogP contribution in [0.1, 0.15) is 60.8 Å². The number of rotatable bonds is 5. The fourth-order valence-corrected chi connectivity index (χ4v) is 6.10. The minimum absolute atomic E-state index is 0.0527. The van der Waals surface area contributed by atoms with Crippen molar-refractivity contribution in [2.75, 3.05) is 0 Å². The lowest BCUT2D eigenvalue weighted by Gasteiger charge is -2.45. The summed E-state index contributed by atoms with van der Waals surface area (Å²) in [5.41, 5.74) is 2.30. The predicted octanol–water partition coefficient (Wildman–Crippen LogP) is 5.02. The fourth-order valence-electron chi connectivity index (χ4n) is 6.10. The van der Waals surface area contributed by atoms with Gasteiger partial charge in [0.25, 0.3) is 0 Å². The maximum absolute atomic E-state index is 11.9. The van der Waals surface area contributed by atoms with Gasteiger partial charge >= 0.3 is 0 Å². The van der Waals surface area contributed by atoms with E-state index in [1.807, 2.05) is 19.9 Å². The average Bonchev–Trinajstić information content (AvgIpc) is 3.51. The number of hydrogen-bond donors (Lipinski definition) is 0. The Hall–Kier alpha value is -1.19. The standard InChI is InChI=1S/C24H34O3/c1-7-14(3)21-16(11-9-10-15(4)19(25)8-2)17-12-20-23(5,26-20)13-18(17)22-24(21,6)27-22/h7,9-11,16-18,20-22H,8,12-13H2,1-6H3/b11-9+,14-7+,15-10+/t16-,17-,18+,20-,21-,22-,23+,24+/m0/s1. The molecule has 2 saturated heterocycles. The summed E-state index contributed by atoms with van der Waals surface area (Å²) in [6, 6.07) is 0. The van der Waals surface area contributed by atoms with E-state index in [4.69, 9.17) is 9.47 Å². The third-order valence-corrected chi connectivity index (χ3v) is 7.87. The van der Waals surface area contributed by atoms with Gasteiger partial charge in [0.1, 0.15) is 0 Å². The number of carbonyl (C=O) groups excluding carboxylic acids is 1. The van der Waals surface area contributed by atoms with E-state index in [0.29, 0.717) is 42.3 Å². The van der Waals surface area contributed by atoms with Crippen LogP contribution in [0.25, 0.3) is 0 Å². The van der Waals surface area contributed by atoms with Gasteiger partial charge in [-0.2, -0.15) is 0 Å². The molecule has 148 valence electrons. The molecule has 3 heteroatoms. The summed E-state index contributed by atoms with van der Waals surface area (Å²) < 4.78 is 12.5. The summed E-state index contributed by atoms with van der Waals surface area (Å²) in [4.78, 5) is 11.9.